The summed E-state index contributed by atoms with van der Waals surface area (Å²) in [5.41, 5.74) is 7.48. The molecular weight excluding hydrogens is 210 g/mol. The highest BCUT2D eigenvalue weighted by atomic mass is 16.3. The molecule has 4 unspecified atom stereocenters. The first-order chi connectivity index (χ1) is 8.22. The number of anilines is 1. The number of aliphatic hydroxyl groups excluding tert-OH is 1. The Hall–Kier alpha value is -1.02. The third-order valence-electron chi connectivity index (χ3n) is 4.71. The quantitative estimate of drug-likeness (QED) is 0.785. The lowest BCUT2D eigenvalue weighted by molar-refractivity contribution is 0.125. The fourth-order valence-electron chi connectivity index (χ4n) is 3.85. The first-order valence-corrected chi connectivity index (χ1v) is 6.76. The molecule has 2 fully saturated rings. The summed E-state index contributed by atoms with van der Waals surface area (Å²) in [7, 11) is 0. The van der Waals surface area contributed by atoms with E-state index < -0.39 is 0 Å². The van der Waals surface area contributed by atoms with Crippen molar-refractivity contribution in [2.24, 2.45) is 17.8 Å². The van der Waals surface area contributed by atoms with Crippen molar-refractivity contribution in [1.82, 2.24) is 0 Å². The van der Waals surface area contributed by atoms with E-state index in [9.17, 15) is 5.11 Å². The van der Waals surface area contributed by atoms with Gasteiger partial charge in [-0.1, -0.05) is 18.6 Å². The van der Waals surface area contributed by atoms with Gasteiger partial charge >= 0.3 is 0 Å². The van der Waals surface area contributed by atoms with E-state index in [0.717, 1.165) is 35.4 Å². The molecule has 3 N–H and O–H groups in total. The molecule has 2 heteroatoms. The first-order valence-electron chi connectivity index (χ1n) is 6.76. The smallest absolute Gasteiger partial charge is 0.0793 e. The fourth-order valence-corrected chi connectivity index (χ4v) is 3.85. The van der Waals surface area contributed by atoms with Crippen LogP contribution in [0.1, 0.15) is 43.8 Å². The Balaban J connectivity index is 1.65. The Bertz CT molecular complexity index is 404. The SMILES string of the molecule is Nc1cccc(C(O)CC2CC3CCC2C3)c1. The summed E-state index contributed by atoms with van der Waals surface area (Å²) in [6.07, 6.45) is 6.15. The number of fused-ring (bicyclic) bond motifs is 2. The van der Waals surface area contributed by atoms with Crippen molar-refractivity contribution in [3.63, 3.8) is 0 Å². The molecule has 2 bridgehead atoms. The summed E-state index contributed by atoms with van der Waals surface area (Å²) < 4.78 is 0. The van der Waals surface area contributed by atoms with E-state index in [1.54, 1.807) is 0 Å². The maximum absolute atomic E-state index is 10.3. The van der Waals surface area contributed by atoms with Crippen LogP contribution < -0.4 is 5.73 Å². The van der Waals surface area contributed by atoms with Crippen molar-refractivity contribution < 1.29 is 5.11 Å². The van der Waals surface area contributed by atoms with E-state index in [1.807, 2.05) is 24.3 Å². The van der Waals surface area contributed by atoms with Crippen molar-refractivity contribution in [2.45, 2.75) is 38.2 Å². The van der Waals surface area contributed by atoms with Crippen LogP contribution in [-0.4, -0.2) is 5.11 Å². The molecule has 0 radical (unpaired) electrons. The molecule has 0 aromatic heterocycles. The van der Waals surface area contributed by atoms with Crippen LogP contribution in [0.15, 0.2) is 24.3 Å². The van der Waals surface area contributed by atoms with Gasteiger partial charge in [0, 0.05) is 5.69 Å². The van der Waals surface area contributed by atoms with Gasteiger partial charge in [-0.2, -0.15) is 0 Å². The predicted molar refractivity (Wildman–Crippen MR) is 69.4 cm³/mol. The van der Waals surface area contributed by atoms with Gasteiger partial charge in [0.05, 0.1) is 6.10 Å². The van der Waals surface area contributed by atoms with Gasteiger partial charge in [-0.3, -0.25) is 0 Å². The third kappa shape index (κ3) is 2.19. The molecule has 2 aliphatic carbocycles. The maximum Gasteiger partial charge on any atom is 0.0793 e. The minimum atomic E-state index is -0.331. The minimum absolute atomic E-state index is 0.331. The summed E-state index contributed by atoms with van der Waals surface area (Å²) in [5.74, 6) is 2.58. The van der Waals surface area contributed by atoms with E-state index >= 15 is 0 Å². The van der Waals surface area contributed by atoms with E-state index in [0.29, 0.717) is 0 Å². The first kappa shape index (κ1) is 11.1. The van der Waals surface area contributed by atoms with Gasteiger partial charge in [0.2, 0.25) is 0 Å². The van der Waals surface area contributed by atoms with Crippen molar-refractivity contribution in [3.05, 3.63) is 29.8 Å². The number of aliphatic hydroxyl groups is 1. The Morgan fingerprint density at radius 3 is 2.82 bits per heavy atom. The molecule has 0 aliphatic heterocycles. The molecule has 0 saturated heterocycles. The Labute approximate surface area is 103 Å². The van der Waals surface area contributed by atoms with Crippen LogP contribution in [0.5, 0.6) is 0 Å². The molecule has 2 nitrogen and oxygen atoms in total. The lowest BCUT2D eigenvalue weighted by Crippen LogP contribution is -2.14. The van der Waals surface area contributed by atoms with Crippen LogP contribution in [0.4, 0.5) is 5.69 Å². The molecular formula is C15H21NO. The third-order valence-corrected chi connectivity index (χ3v) is 4.71. The molecule has 2 aliphatic rings. The molecule has 4 atom stereocenters. The minimum Gasteiger partial charge on any atom is -0.399 e. The average molecular weight is 231 g/mol. The lowest BCUT2D eigenvalue weighted by atomic mass is 9.83. The number of benzene rings is 1. The van der Waals surface area contributed by atoms with Crippen LogP contribution in [0.2, 0.25) is 0 Å². The molecule has 0 heterocycles. The van der Waals surface area contributed by atoms with Gasteiger partial charge in [0.25, 0.3) is 0 Å². The molecule has 92 valence electrons. The number of nitrogen functional groups attached to an aromatic ring is 1. The van der Waals surface area contributed by atoms with Crippen LogP contribution >= 0.6 is 0 Å². The molecule has 0 amide bonds. The zero-order valence-electron chi connectivity index (χ0n) is 10.2. The number of rotatable bonds is 3. The number of hydrogen-bond donors (Lipinski definition) is 2. The zero-order chi connectivity index (χ0) is 11.8. The lowest BCUT2D eigenvalue weighted by Gasteiger charge is -2.24. The summed E-state index contributed by atoms with van der Waals surface area (Å²) in [6.45, 7) is 0. The van der Waals surface area contributed by atoms with Gasteiger partial charge in [0.15, 0.2) is 0 Å². The Morgan fingerprint density at radius 2 is 2.18 bits per heavy atom. The fraction of sp³-hybridized carbons (Fsp3) is 0.600. The van der Waals surface area contributed by atoms with Crippen LogP contribution in [0.25, 0.3) is 0 Å². The summed E-state index contributed by atoms with van der Waals surface area (Å²) in [5, 5.41) is 10.3. The Kier molecular flexibility index (Phi) is 2.83. The van der Waals surface area contributed by atoms with Crippen molar-refractivity contribution in [3.8, 4) is 0 Å². The van der Waals surface area contributed by atoms with Gasteiger partial charge < -0.3 is 10.8 Å². The number of hydrogen-bond acceptors (Lipinski definition) is 2. The molecule has 0 spiro atoms. The zero-order valence-corrected chi connectivity index (χ0v) is 10.2. The normalized spacial score (nSPS) is 32.9. The molecule has 2 saturated carbocycles. The topological polar surface area (TPSA) is 46.2 Å². The van der Waals surface area contributed by atoms with Gasteiger partial charge in [-0.05, 0) is 61.1 Å². The maximum atomic E-state index is 10.3. The monoisotopic (exact) mass is 231 g/mol. The highest BCUT2D eigenvalue weighted by molar-refractivity contribution is 5.41. The Morgan fingerprint density at radius 1 is 1.29 bits per heavy atom. The molecule has 1 aromatic rings. The standard InChI is InChI=1S/C15H21NO/c16-14-3-1-2-12(8-14)15(17)9-13-7-10-4-5-11(13)6-10/h1-3,8,10-11,13,15,17H,4-7,9,16H2. The second-order valence-electron chi connectivity index (χ2n) is 5.86. The molecule has 3 rings (SSSR count). The van der Waals surface area contributed by atoms with Crippen molar-refractivity contribution in [2.75, 3.05) is 5.73 Å². The average Bonchev–Trinajstić information content (AvgIpc) is 2.91. The van der Waals surface area contributed by atoms with Crippen LogP contribution in [-0.2, 0) is 0 Å². The summed E-state index contributed by atoms with van der Waals surface area (Å²) in [6, 6.07) is 7.68. The highest BCUT2D eigenvalue weighted by Crippen LogP contribution is 2.50. The van der Waals surface area contributed by atoms with E-state index in [2.05, 4.69) is 0 Å². The van der Waals surface area contributed by atoms with Gasteiger partial charge in [-0.25, -0.2) is 0 Å². The van der Waals surface area contributed by atoms with Crippen molar-refractivity contribution >= 4 is 5.69 Å². The molecule has 1 aromatic carbocycles. The van der Waals surface area contributed by atoms with Gasteiger partial charge in [-0.15, -0.1) is 0 Å². The van der Waals surface area contributed by atoms with E-state index in [4.69, 9.17) is 5.73 Å². The van der Waals surface area contributed by atoms with Gasteiger partial charge in [0.1, 0.15) is 0 Å². The highest BCUT2D eigenvalue weighted by Gasteiger charge is 2.40. The largest absolute Gasteiger partial charge is 0.399 e. The van der Waals surface area contributed by atoms with E-state index in [1.165, 1.54) is 25.7 Å². The van der Waals surface area contributed by atoms with Crippen LogP contribution in [0.3, 0.4) is 0 Å². The second-order valence-corrected chi connectivity index (χ2v) is 5.86. The second kappa shape index (κ2) is 4.34. The van der Waals surface area contributed by atoms with E-state index in [-0.39, 0.29) is 6.10 Å². The predicted octanol–water partition coefficient (Wildman–Crippen LogP) is 3.13. The summed E-state index contributed by atoms with van der Waals surface area (Å²) in [4.78, 5) is 0. The van der Waals surface area contributed by atoms with Crippen LogP contribution in [0, 0.1) is 17.8 Å². The summed E-state index contributed by atoms with van der Waals surface area (Å²) >= 11 is 0. The van der Waals surface area contributed by atoms with Crippen molar-refractivity contribution in [1.29, 1.82) is 0 Å². The number of nitrogens with two attached hydrogens (primary N) is 1. The molecule has 17 heavy (non-hydrogen) atoms.